The van der Waals surface area contributed by atoms with Crippen LogP contribution in [0.5, 0.6) is 0 Å². The van der Waals surface area contributed by atoms with E-state index in [0.717, 1.165) is 19.3 Å². The summed E-state index contributed by atoms with van der Waals surface area (Å²) in [7, 11) is 1.29. The molecule has 0 unspecified atom stereocenters. The number of hydrogen-bond acceptors (Lipinski definition) is 4. The zero-order valence-corrected chi connectivity index (χ0v) is 12.8. The van der Waals surface area contributed by atoms with Gasteiger partial charge in [-0.05, 0) is 49.3 Å². The second kappa shape index (κ2) is 6.02. The lowest BCUT2D eigenvalue weighted by Gasteiger charge is -2.27. The van der Waals surface area contributed by atoms with Crippen LogP contribution in [0, 0.1) is 23.7 Å². The van der Waals surface area contributed by atoms with E-state index >= 15 is 0 Å². The molecule has 1 aromatic rings. The molecule has 1 amide bonds. The predicted molar refractivity (Wildman–Crippen MR) is 81.9 cm³/mol. The molecule has 2 saturated carbocycles. The lowest BCUT2D eigenvalue weighted by Crippen LogP contribution is -2.37. The number of fused-ring (bicyclic) bond motifs is 2. The van der Waals surface area contributed by atoms with Gasteiger partial charge in [-0.25, -0.2) is 4.79 Å². The van der Waals surface area contributed by atoms with Crippen LogP contribution < -0.4 is 5.32 Å². The van der Waals surface area contributed by atoms with Gasteiger partial charge in [0, 0.05) is 5.69 Å². The third-order valence-electron chi connectivity index (χ3n) is 5.06. The molecule has 2 aliphatic rings. The third-order valence-corrected chi connectivity index (χ3v) is 5.06. The molecule has 0 saturated heterocycles. The maximum Gasteiger partial charge on any atom is 0.337 e. The number of nitrogens with one attached hydrogen (secondary N) is 1. The van der Waals surface area contributed by atoms with Gasteiger partial charge in [-0.3, -0.25) is 9.59 Å². The minimum absolute atomic E-state index is 0.106. The smallest absolute Gasteiger partial charge is 0.337 e. The third kappa shape index (κ3) is 2.81. The van der Waals surface area contributed by atoms with Crippen molar-refractivity contribution >= 4 is 23.5 Å². The van der Waals surface area contributed by atoms with E-state index in [4.69, 9.17) is 0 Å². The first-order valence-electron chi connectivity index (χ1n) is 7.73. The Morgan fingerprint density at radius 2 is 1.87 bits per heavy atom. The average molecular weight is 317 g/mol. The van der Waals surface area contributed by atoms with E-state index in [-0.39, 0.29) is 17.7 Å². The van der Waals surface area contributed by atoms with Crippen molar-refractivity contribution in [1.82, 2.24) is 0 Å². The Balaban J connectivity index is 1.77. The number of ether oxygens (including phenoxy) is 1. The molecular formula is C17H19NO5. The van der Waals surface area contributed by atoms with Crippen molar-refractivity contribution in [2.45, 2.75) is 19.3 Å². The van der Waals surface area contributed by atoms with Gasteiger partial charge in [-0.1, -0.05) is 6.07 Å². The number of rotatable bonds is 4. The number of carboxylic acids is 1. The van der Waals surface area contributed by atoms with Crippen molar-refractivity contribution < 1.29 is 24.2 Å². The summed E-state index contributed by atoms with van der Waals surface area (Å²) >= 11 is 0. The Labute approximate surface area is 133 Å². The molecule has 2 fully saturated rings. The molecule has 23 heavy (non-hydrogen) atoms. The number of anilines is 1. The molecule has 0 spiro atoms. The molecule has 0 heterocycles. The lowest BCUT2D eigenvalue weighted by molar-refractivity contribution is -0.148. The molecule has 2 bridgehead atoms. The molecule has 4 atom stereocenters. The average Bonchev–Trinajstić information content (AvgIpc) is 3.15. The fraction of sp³-hybridized carbons (Fsp3) is 0.471. The van der Waals surface area contributed by atoms with E-state index in [0.29, 0.717) is 11.3 Å². The topological polar surface area (TPSA) is 92.7 Å². The van der Waals surface area contributed by atoms with Crippen molar-refractivity contribution in [3.05, 3.63) is 29.8 Å². The number of benzene rings is 1. The molecule has 3 rings (SSSR count). The molecular weight excluding hydrogens is 298 g/mol. The van der Waals surface area contributed by atoms with Crippen molar-refractivity contribution in [3.8, 4) is 0 Å². The minimum Gasteiger partial charge on any atom is -0.481 e. The molecule has 2 aliphatic carbocycles. The quantitative estimate of drug-likeness (QED) is 0.830. The number of carboxylic acid groups (broad SMARTS) is 1. The first-order chi connectivity index (χ1) is 11.0. The number of aliphatic carboxylic acids is 1. The highest BCUT2D eigenvalue weighted by atomic mass is 16.5. The second-order valence-electron chi connectivity index (χ2n) is 6.28. The van der Waals surface area contributed by atoms with Crippen LogP contribution in [0.4, 0.5) is 5.69 Å². The van der Waals surface area contributed by atoms with E-state index in [1.807, 2.05) is 0 Å². The van der Waals surface area contributed by atoms with Crippen LogP contribution in [-0.4, -0.2) is 30.1 Å². The summed E-state index contributed by atoms with van der Waals surface area (Å²) in [5.74, 6) is -2.48. The van der Waals surface area contributed by atoms with Crippen LogP contribution >= 0.6 is 0 Å². The molecule has 1 aromatic carbocycles. The van der Waals surface area contributed by atoms with Crippen LogP contribution in [0.15, 0.2) is 24.3 Å². The Morgan fingerprint density at radius 3 is 2.52 bits per heavy atom. The van der Waals surface area contributed by atoms with Gasteiger partial charge in [0.2, 0.25) is 5.91 Å². The predicted octanol–water partition coefficient (Wildman–Crippen LogP) is 2.16. The number of methoxy groups -OCH3 is 1. The summed E-state index contributed by atoms with van der Waals surface area (Å²) < 4.78 is 4.66. The first kappa shape index (κ1) is 15.5. The zero-order valence-electron chi connectivity index (χ0n) is 12.8. The highest BCUT2D eigenvalue weighted by Crippen LogP contribution is 2.52. The van der Waals surface area contributed by atoms with Gasteiger partial charge in [-0.2, -0.15) is 0 Å². The van der Waals surface area contributed by atoms with Crippen LogP contribution in [0.3, 0.4) is 0 Å². The maximum absolute atomic E-state index is 12.6. The summed E-state index contributed by atoms with van der Waals surface area (Å²) in [6, 6.07) is 6.45. The van der Waals surface area contributed by atoms with Crippen molar-refractivity contribution in [2.24, 2.45) is 23.7 Å². The summed E-state index contributed by atoms with van der Waals surface area (Å²) in [6.45, 7) is 0. The van der Waals surface area contributed by atoms with E-state index < -0.39 is 23.8 Å². The number of carbonyl (C=O) groups is 3. The number of esters is 1. The van der Waals surface area contributed by atoms with Gasteiger partial charge >= 0.3 is 11.9 Å². The lowest BCUT2D eigenvalue weighted by atomic mass is 9.78. The fourth-order valence-electron chi connectivity index (χ4n) is 4.09. The SMILES string of the molecule is COC(=O)c1cccc(NC(=O)[C@@H]2[C@@H]3CC[C@@H](C3)[C@@H]2C(=O)O)c1. The van der Waals surface area contributed by atoms with E-state index in [9.17, 15) is 19.5 Å². The number of hydrogen-bond donors (Lipinski definition) is 2. The standard InChI is InChI=1S/C17H19NO5/c1-23-17(22)11-3-2-4-12(8-11)18-15(19)13-9-5-6-10(7-9)14(13)16(20)21/h2-4,8-10,13-14H,5-7H2,1H3,(H,18,19)(H,20,21)/t9-,10+,13-,14+/m1/s1. The van der Waals surface area contributed by atoms with Gasteiger partial charge in [0.25, 0.3) is 0 Å². The molecule has 0 aliphatic heterocycles. The fourth-order valence-corrected chi connectivity index (χ4v) is 4.09. The molecule has 2 N–H and O–H groups in total. The molecule has 0 aromatic heterocycles. The number of amides is 1. The van der Waals surface area contributed by atoms with Gasteiger partial charge < -0.3 is 15.2 Å². The van der Waals surface area contributed by atoms with E-state index in [1.54, 1.807) is 18.2 Å². The first-order valence-corrected chi connectivity index (χ1v) is 7.73. The van der Waals surface area contributed by atoms with Gasteiger partial charge in [-0.15, -0.1) is 0 Å². The van der Waals surface area contributed by atoms with Crippen LogP contribution in [0.2, 0.25) is 0 Å². The van der Waals surface area contributed by atoms with Crippen molar-refractivity contribution in [3.63, 3.8) is 0 Å². The van der Waals surface area contributed by atoms with Gasteiger partial charge in [0.05, 0.1) is 24.5 Å². The maximum atomic E-state index is 12.6. The molecule has 6 heteroatoms. The molecule has 122 valence electrons. The van der Waals surface area contributed by atoms with Crippen molar-refractivity contribution in [1.29, 1.82) is 0 Å². The zero-order chi connectivity index (χ0) is 16.6. The van der Waals surface area contributed by atoms with E-state index in [2.05, 4.69) is 10.1 Å². The summed E-state index contributed by atoms with van der Waals surface area (Å²) in [5, 5.41) is 12.2. The normalized spacial score (nSPS) is 28.4. The summed E-state index contributed by atoms with van der Waals surface area (Å²) in [5.41, 5.74) is 0.817. The minimum atomic E-state index is -0.888. The largest absolute Gasteiger partial charge is 0.481 e. The number of carbonyl (C=O) groups excluding carboxylic acids is 2. The van der Waals surface area contributed by atoms with Crippen LogP contribution in [0.1, 0.15) is 29.6 Å². The monoisotopic (exact) mass is 317 g/mol. The molecule has 6 nitrogen and oxygen atoms in total. The Bertz CT molecular complexity index is 656. The Kier molecular flexibility index (Phi) is 4.07. The molecule has 0 radical (unpaired) electrons. The second-order valence-corrected chi connectivity index (χ2v) is 6.28. The summed E-state index contributed by atoms with van der Waals surface area (Å²) in [4.78, 5) is 35.6. The highest BCUT2D eigenvalue weighted by molar-refractivity contribution is 5.97. The Morgan fingerprint density at radius 1 is 1.17 bits per heavy atom. The highest BCUT2D eigenvalue weighted by Gasteiger charge is 2.53. The summed E-state index contributed by atoms with van der Waals surface area (Å²) in [6.07, 6.45) is 2.62. The van der Waals surface area contributed by atoms with Crippen LogP contribution in [-0.2, 0) is 14.3 Å². The van der Waals surface area contributed by atoms with Gasteiger partial charge in [0.15, 0.2) is 0 Å². The van der Waals surface area contributed by atoms with Crippen LogP contribution in [0.25, 0.3) is 0 Å². The Hall–Kier alpha value is -2.37. The van der Waals surface area contributed by atoms with Crippen molar-refractivity contribution in [2.75, 3.05) is 12.4 Å². The van der Waals surface area contributed by atoms with Gasteiger partial charge in [0.1, 0.15) is 0 Å². The van der Waals surface area contributed by atoms with E-state index in [1.165, 1.54) is 13.2 Å².